The van der Waals surface area contributed by atoms with E-state index < -0.39 is 0 Å². The number of morpholine rings is 1. The number of carbonyl (C=O) groups is 1. The molecule has 1 aromatic rings. The second kappa shape index (κ2) is 9.25. The largest absolute Gasteiger partial charge is 0.483 e. The van der Waals surface area contributed by atoms with Crippen molar-refractivity contribution < 1.29 is 14.3 Å². The average molecular weight is 385 g/mol. The van der Waals surface area contributed by atoms with Gasteiger partial charge in [0.2, 0.25) is 0 Å². The number of carbonyl (C=O) groups excluding carboxylic acids is 1. The van der Waals surface area contributed by atoms with Crippen LogP contribution in [0.2, 0.25) is 0 Å². The van der Waals surface area contributed by atoms with E-state index in [1.54, 1.807) is 0 Å². The van der Waals surface area contributed by atoms with Gasteiger partial charge in [0.15, 0.2) is 6.61 Å². The highest BCUT2D eigenvalue weighted by Crippen LogP contribution is 2.28. The minimum Gasteiger partial charge on any atom is -0.483 e. The molecule has 1 aliphatic rings. The van der Waals surface area contributed by atoms with Crippen LogP contribution in [0.15, 0.2) is 22.7 Å². The first-order valence-corrected chi connectivity index (χ1v) is 8.84. The number of rotatable bonds is 7. The Balaban J connectivity index is 1.69. The number of amides is 1. The van der Waals surface area contributed by atoms with E-state index in [2.05, 4.69) is 40.0 Å². The zero-order valence-corrected chi connectivity index (χ0v) is 15.4. The Hall–Kier alpha value is -1.11. The lowest BCUT2D eigenvalue weighted by Crippen LogP contribution is -2.42. The van der Waals surface area contributed by atoms with E-state index in [0.717, 1.165) is 37.3 Å². The molecule has 128 valence electrons. The van der Waals surface area contributed by atoms with Gasteiger partial charge in [-0.05, 0) is 39.5 Å². The fourth-order valence-corrected chi connectivity index (χ4v) is 2.88. The summed E-state index contributed by atoms with van der Waals surface area (Å²) < 4.78 is 11.8. The maximum atomic E-state index is 11.8. The molecule has 6 heteroatoms. The summed E-state index contributed by atoms with van der Waals surface area (Å²) in [5.74, 6) is 1.06. The fourth-order valence-electron chi connectivity index (χ4n) is 2.37. The monoisotopic (exact) mass is 384 g/mol. The number of nitrogens with one attached hydrogen (secondary N) is 1. The summed E-state index contributed by atoms with van der Waals surface area (Å²) in [6.07, 6.45) is 0. The van der Waals surface area contributed by atoms with Gasteiger partial charge in [0.05, 0.1) is 17.7 Å². The second-order valence-electron chi connectivity index (χ2n) is 5.94. The average Bonchev–Trinajstić information content (AvgIpc) is 2.54. The number of nitrogens with zero attached hydrogens (tertiary/aromatic N) is 1. The Morgan fingerprint density at radius 2 is 2.13 bits per heavy atom. The molecule has 2 rings (SSSR count). The standard InChI is InChI=1S/C17H25BrN2O3/c1-13(2)14-3-4-16(15(18)11-14)23-12-17(21)19-5-6-20-7-9-22-10-8-20/h3-4,11,13H,5-10,12H2,1-2H3,(H,19,21). The van der Waals surface area contributed by atoms with Crippen LogP contribution in [0.1, 0.15) is 25.3 Å². The van der Waals surface area contributed by atoms with Gasteiger partial charge < -0.3 is 14.8 Å². The minimum absolute atomic E-state index is 0.0305. The van der Waals surface area contributed by atoms with E-state index in [1.165, 1.54) is 5.56 Å². The smallest absolute Gasteiger partial charge is 0.257 e. The van der Waals surface area contributed by atoms with Crippen LogP contribution >= 0.6 is 15.9 Å². The van der Waals surface area contributed by atoms with Crippen molar-refractivity contribution in [2.24, 2.45) is 0 Å². The van der Waals surface area contributed by atoms with Gasteiger partial charge in [0.1, 0.15) is 5.75 Å². The summed E-state index contributed by atoms with van der Waals surface area (Å²) in [5.41, 5.74) is 1.24. The highest BCUT2D eigenvalue weighted by molar-refractivity contribution is 9.10. The number of benzene rings is 1. The van der Waals surface area contributed by atoms with Crippen LogP contribution in [0.4, 0.5) is 0 Å². The summed E-state index contributed by atoms with van der Waals surface area (Å²) >= 11 is 3.50. The lowest BCUT2D eigenvalue weighted by atomic mass is 10.0. The predicted molar refractivity (Wildman–Crippen MR) is 94.0 cm³/mol. The molecule has 0 aromatic heterocycles. The predicted octanol–water partition coefficient (Wildman–Crippen LogP) is 2.40. The Morgan fingerprint density at radius 1 is 1.39 bits per heavy atom. The van der Waals surface area contributed by atoms with Gasteiger partial charge in [-0.2, -0.15) is 0 Å². The van der Waals surface area contributed by atoms with Gasteiger partial charge in [0, 0.05) is 26.2 Å². The van der Waals surface area contributed by atoms with E-state index in [-0.39, 0.29) is 12.5 Å². The van der Waals surface area contributed by atoms with Gasteiger partial charge in [-0.3, -0.25) is 9.69 Å². The van der Waals surface area contributed by atoms with Crippen LogP contribution in [0.5, 0.6) is 5.75 Å². The number of hydrogen-bond acceptors (Lipinski definition) is 4. The number of ether oxygens (including phenoxy) is 2. The van der Waals surface area contributed by atoms with Crippen LogP contribution in [0, 0.1) is 0 Å². The zero-order chi connectivity index (χ0) is 16.7. The quantitative estimate of drug-likeness (QED) is 0.783. The van der Waals surface area contributed by atoms with Gasteiger partial charge in [-0.25, -0.2) is 0 Å². The molecule has 1 N–H and O–H groups in total. The van der Waals surface area contributed by atoms with Crippen molar-refractivity contribution in [1.82, 2.24) is 10.2 Å². The van der Waals surface area contributed by atoms with Crippen molar-refractivity contribution in [2.45, 2.75) is 19.8 Å². The van der Waals surface area contributed by atoms with Crippen LogP contribution < -0.4 is 10.1 Å². The van der Waals surface area contributed by atoms with Crippen molar-refractivity contribution in [2.75, 3.05) is 46.0 Å². The van der Waals surface area contributed by atoms with E-state index in [0.29, 0.717) is 18.2 Å². The van der Waals surface area contributed by atoms with Gasteiger partial charge in [-0.15, -0.1) is 0 Å². The first kappa shape index (κ1) is 18.2. The van der Waals surface area contributed by atoms with Crippen molar-refractivity contribution in [3.05, 3.63) is 28.2 Å². The van der Waals surface area contributed by atoms with Gasteiger partial charge >= 0.3 is 0 Å². The Bertz CT molecular complexity index is 517. The number of halogens is 1. The van der Waals surface area contributed by atoms with Gasteiger partial charge in [0.25, 0.3) is 5.91 Å². The molecule has 0 atom stereocenters. The summed E-state index contributed by atoms with van der Waals surface area (Å²) in [5, 5.41) is 2.89. The highest BCUT2D eigenvalue weighted by atomic mass is 79.9. The fraction of sp³-hybridized carbons (Fsp3) is 0.588. The summed E-state index contributed by atoms with van der Waals surface area (Å²) in [7, 11) is 0. The first-order chi connectivity index (χ1) is 11.1. The van der Waals surface area contributed by atoms with E-state index in [9.17, 15) is 4.79 Å². The zero-order valence-electron chi connectivity index (χ0n) is 13.8. The SMILES string of the molecule is CC(C)c1ccc(OCC(=O)NCCN2CCOCC2)c(Br)c1. The highest BCUT2D eigenvalue weighted by Gasteiger charge is 2.11. The van der Waals surface area contributed by atoms with E-state index in [4.69, 9.17) is 9.47 Å². The lowest BCUT2D eigenvalue weighted by molar-refractivity contribution is -0.123. The molecule has 0 saturated carbocycles. The Morgan fingerprint density at radius 3 is 2.78 bits per heavy atom. The Kier molecular flexibility index (Phi) is 7.33. The van der Waals surface area contributed by atoms with Crippen LogP contribution in [-0.4, -0.2) is 56.8 Å². The Labute approximate surface area is 146 Å². The second-order valence-corrected chi connectivity index (χ2v) is 6.79. The summed E-state index contributed by atoms with van der Waals surface area (Å²) in [4.78, 5) is 14.1. The summed E-state index contributed by atoms with van der Waals surface area (Å²) in [6, 6.07) is 5.97. The van der Waals surface area contributed by atoms with Crippen molar-refractivity contribution in [3.63, 3.8) is 0 Å². The molecule has 1 fully saturated rings. The maximum absolute atomic E-state index is 11.8. The van der Waals surface area contributed by atoms with Crippen molar-refractivity contribution >= 4 is 21.8 Å². The van der Waals surface area contributed by atoms with Gasteiger partial charge in [-0.1, -0.05) is 19.9 Å². The molecule has 0 spiro atoms. The number of hydrogen-bond donors (Lipinski definition) is 1. The normalized spacial score (nSPS) is 15.7. The molecule has 0 radical (unpaired) electrons. The van der Waals surface area contributed by atoms with Crippen LogP contribution in [-0.2, 0) is 9.53 Å². The minimum atomic E-state index is -0.0990. The molecule has 1 aromatic carbocycles. The van der Waals surface area contributed by atoms with E-state index >= 15 is 0 Å². The molecule has 1 amide bonds. The first-order valence-electron chi connectivity index (χ1n) is 8.05. The van der Waals surface area contributed by atoms with E-state index in [1.807, 2.05) is 18.2 Å². The molecule has 1 heterocycles. The molecule has 23 heavy (non-hydrogen) atoms. The maximum Gasteiger partial charge on any atom is 0.257 e. The molecule has 1 saturated heterocycles. The van der Waals surface area contributed by atoms with Crippen LogP contribution in [0.3, 0.4) is 0 Å². The van der Waals surface area contributed by atoms with Crippen molar-refractivity contribution in [1.29, 1.82) is 0 Å². The third-order valence-electron chi connectivity index (χ3n) is 3.84. The molecular weight excluding hydrogens is 360 g/mol. The van der Waals surface area contributed by atoms with Crippen LogP contribution in [0.25, 0.3) is 0 Å². The summed E-state index contributed by atoms with van der Waals surface area (Å²) in [6.45, 7) is 9.21. The molecule has 0 aliphatic carbocycles. The molecule has 5 nitrogen and oxygen atoms in total. The third kappa shape index (κ3) is 6.12. The molecular formula is C17H25BrN2O3. The topological polar surface area (TPSA) is 50.8 Å². The third-order valence-corrected chi connectivity index (χ3v) is 4.45. The van der Waals surface area contributed by atoms with Crippen molar-refractivity contribution in [3.8, 4) is 5.75 Å². The molecule has 1 aliphatic heterocycles. The molecule has 0 unspecified atom stereocenters. The molecule has 0 bridgehead atoms. The lowest BCUT2D eigenvalue weighted by Gasteiger charge is -2.26.